The van der Waals surface area contributed by atoms with Crippen LogP contribution in [0.2, 0.25) is 0 Å². The van der Waals surface area contributed by atoms with E-state index in [1.54, 1.807) is 0 Å². The number of fused-ring (bicyclic) bond motifs is 1. The van der Waals surface area contributed by atoms with Gasteiger partial charge in [-0.2, -0.15) is 4.31 Å². The summed E-state index contributed by atoms with van der Waals surface area (Å²) in [5, 5.41) is 0.198. The van der Waals surface area contributed by atoms with Gasteiger partial charge in [0.2, 0.25) is 15.9 Å². The summed E-state index contributed by atoms with van der Waals surface area (Å²) in [6.07, 6.45) is 2.05. The van der Waals surface area contributed by atoms with Crippen molar-refractivity contribution in [2.75, 3.05) is 17.7 Å². The van der Waals surface area contributed by atoms with E-state index in [4.69, 9.17) is 0 Å². The molecule has 0 radical (unpaired) electrons. The van der Waals surface area contributed by atoms with Gasteiger partial charge in [0.25, 0.3) is 0 Å². The van der Waals surface area contributed by atoms with Crippen molar-refractivity contribution < 1.29 is 22.0 Å². The van der Waals surface area contributed by atoms with Gasteiger partial charge in [-0.3, -0.25) is 9.69 Å². The number of thiazole rings is 1. The Hall–Kier alpha value is -2.43. The second kappa shape index (κ2) is 8.01. The van der Waals surface area contributed by atoms with Crippen LogP contribution in [-0.2, 0) is 21.4 Å². The molecule has 30 heavy (non-hydrogen) atoms. The number of nitrogens with zero attached hydrogens (tertiary/aromatic N) is 3. The van der Waals surface area contributed by atoms with Crippen molar-refractivity contribution in [1.82, 2.24) is 9.29 Å². The Morgan fingerprint density at radius 2 is 2.00 bits per heavy atom. The lowest BCUT2D eigenvalue weighted by Crippen LogP contribution is -2.47. The Morgan fingerprint density at radius 1 is 1.27 bits per heavy atom. The molecule has 1 fully saturated rings. The summed E-state index contributed by atoms with van der Waals surface area (Å²) in [5.74, 6) is -1.96. The first-order chi connectivity index (χ1) is 14.2. The third kappa shape index (κ3) is 4.07. The Balaban J connectivity index is 1.77. The molecule has 1 atom stereocenters. The number of benzene rings is 2. The highest BCUT2D eigenvalue weighted by atomic mass is 32.2. The molecule has 1 saturated heterocycles. The third-order valence-electron chi connectivity index (χ3n) is 5.00. The fraction of sp³-hybridized carbons (Fsp3) is 0.300. The van der Waals surface area contributed by atoms with Crippen molar-refractivity contribution >= 4 is 42.6 Å². The van der Waals surface area contributed by atoms with Gasteiger partial charge >= 0.3 is 0 Å². The van der Waals surface area contributed by atoms with E-state index in [0.717, 1.165) is 29.2 Å². The van der Waals surface area contributed by atoms with Gasteiger partial charge in [0.15, 0.2) is 10.9 Å². The number of hydrogen-bond acceptors (Lipinski definition) is 5. The van der Waals surface area contributed by atoms with Gasteiger partial charge < -0.3 is 0 Å². The first kappa shape index (κ1) is 20.8. The Labute approximate surface area is 176 Å². The fourth-order valence-electron chi connectivity index (χ4n) is 3.63. The van der Waals surface area contributed by atoms with E-state index in [2.05, 4.69) is 4.98 Å². The number of sulfonamides is 1. The highest BCUT2D eigenvalue weighted by Gasteiger charge is 2.39. The van der Waals surface area contributed by atoms with Gasteiger partial charge in [-0.05, 0) is 24.5 Å². The highest BCUT2D eigenvalue weighted by Crippen LogP contribution is 2.34. The minimum Gasteiger partial charge on any atom is -0.282 e. The van der Waals surface area contributed by atoms with Crippen LogP contribution in [0.25, 0.3) is 10.2 Å². The molecule has 2 heterocycles. The molecule has 1 unspecified atom stereocenters. The lowest BCUT2D eigenvalue weighted by atomic mass is 10.1. The summed E-state index contributed by atoms with van der Waals surface area (Å²) in [6, 6.07) is 10.2. The largest absolute Gasteiger partial charge is 0.282 e. The molecule has 10 heteroatoms. The lowest BCUT2D eigenvalue weighted by molar-refractivity contribution is -0.121. The van der Waals surface area contributed by atoms with Crippen LogP contribution in [0.4, 0.5) is 13.9 Å². The van der Waals surface area contributed by atoms with Gasteiger partial charge in [-0.1, -0.05) is 41.7 Å². The van der Waals surface area contributed by atoms with Crippen LogP contribution >= 0.6 is 11.3 Å². The third-order valence-corrected chi connectivity index (χ3v) is 7.31. The van der Waals surface area contributed by atoms with Crippen LogP contribution in [-0.4, -0.2) is 42.5 Å². The minimum atomic E-state index is -3.56. The SMILES string of the molecule is CS(=O)(=O)N1CCCC1C(=O)N(Cc1ccccc1)c1nc2c(F)cc(F)cc2s1. The molecule has 3 aromatic rings. The predicted molar refractivity (Wildman–Crippen MR) is 112 cm³/mol. The molecule has 1 aliphatic heterocycles. The van der Waals surface area contributed by atoms with Crippen molar-refractivity contribution in [3.8, 4) is 0 Å². The molecule has 0 N–H and O–H groups in total. The van der Waals surface area contributed by atoms with Gasteiger partial charge in [0.1, 0.15) is 17.4 Å². The van der Waals surface area contributed by atoms with Crippen molar-refractivity contribution in [3.05, 3.63) is 59.7 Å². The maximum absolute atomic E-state index is 14.2. The zero-order valence-corrected chi connectivity index (χ0v) is 17.7. The van der Waals surface area contributed by atoms with Crippen LogP contribution < -0.4 is 4.90 Å². The van der Waals surface area contributed by atoms with Gasteiger partial charge in [0, 0.05) is 12.6 Å². The maximum Gasteiger partial charge on any atom is 0.247 e. The monoisotopic (exact) mass is 451 g/mol. The van der Waals surface area contributed by atoms with Crippen molar-refractivity contribution in [2.45, 2.75) is 25.4 Å². The standard InChI is InChI=1S/C20H19F2N3O3S2/c1-30(27,28)25-9-5-8-16(25)19(26)24(12-13-6-3-2-4-7-13)20-23-18-15(22)10-14(21)11-17(18)29-20/h2-4,6-7,10-11,16H,5,8-9,12H2,1H3. The number of rotatable bonds is 5. The molecule has 4 rings (SSSR count). The molecule has 1 aliphatic rings. The summed E-state index contributed by atoms with van der Waals surface area (Å²) in [6.45, 7) is 0.409. The quantitative estimate of drug-likeness (QED) is 0.595. The Bertz CT molecular complexity index is 1200. The molecule has 2 aromatic carbocycles. The number of aromatic nitrogens is 1. The van der Waals surface area contributed by atoms with E-state index in [1.165, 1.54) is 15.3 Å². The number of hydrogen-bond donors (Lipinski definition) is 0. The smallest absolute Gasteiger partial charge is 0.247 e. The zero-order chi connectivity index (χ0) is 21.5. The van der Waals surface area contributed by atoms with E-state index in [0.29, 0.717) is 12.8 Å². The minimum absolute atomic E-state index is 0.0198. The van der Waals surface area contributed by atoms with Gasteiger partial charge in [0.05, 0.1) is 17.5 Å². The zero-order valence-electron chi connectivity index (χ0n) is 16.1. The Morgan fingerprint density at radius 3 is 2.70 bits per heavy atom. The average Bonchev–Trinajstić information content (AvgIpc) is 3.33. The number of amides is 1. The number of carbonyl (C=O) groups excluding carboxylic acids is 1. The van der Waals surface area contributed by atoms with E-state index in [1.807, 2.05) is 30.3 Å². The van der Waals surface area contributed by atoms with E-state index < -0.39 is 33.6 Å². The number of anilines is 1. The first-order valence-corrected chi connectivity index (χ1v) is 12.0. The molecule has 0 bridgehead atoms. The molecule has 1 aromatic heterocycles. The molecule has 6 nitrogen and oxygen atoms in total. The summed E-state index contributed by atoms with van der Waals surface area (Å²) in [5.41, 5.74) is 0.786. The van der Waals surface area contributed by atoms with Crippen LogP contribution in [0.3, 0.4) is 0 Å². The van der Waals surface area contributed by atoms with Crippen LogP contribution in [0.1, 0.15) is 18.4 Å². The van der Waals surface area contributed by atoms with E-state index in [9.17, 15) is 22.0 Å². The normalized spacial score (nSPS) is 17.5. The summed E-state index contributed by atoms with van der Waals surface area (Å²) in [7, 11) is -3.56. The second-order valence-corrected chi connectivity index (χ2v) is 10.1. The summed E-state index contributed by atoms with van der Waals surface area (Å²) in [4.78, 5) is 19.1. The Kier molecular flexibility index (Phi) is 5.56. The molecule has 1 amide bonds. The fourth-order valence-corrected chi connectivity index (χ4v) is 5.76. The molecular formula is C20H19F2N3O3S2. The van der Waals surface area contributed by atoms with Crippen LogP contribution in [0, 0.1) is 11.6 Å². The molecular weight excluding hydrogens is 432 g/mol. The van der Waals surface area contributed by atoms with Gasteiger partial charge in [-0.25, -0.2) is 22.2 Å². The second-order valence-electron chi connectivity index (χ2n) is 7.17. The number of carbonyl (C=O) groups is 1. The first-order valence-electron chi connectivity index (χ1n) is 9.32. The van der Waals surface area contributed by atoms with E-state index in [-0.39, 0.29) is 28.4 Å². The molecule has 0 spiro atoms. The highest BCUT2D eigenvalue weighted by molar-refractivity contribution is 7.88. The van der Waals surface area contributed by atoms with E-state index >= 15 is 0 Å². The van der Waals surface area contributed by atoms with Crippen LogP contribution in [0.15, 0.2) is 42.5 Å². The molecule has 158 valence electrons. The van der Waals surface area contributed by atoms with Gasteiger partial charge in [-0.15, -0.1) is 0 Å². The van der Waals surface area contributed by atoms with Crippen molar-refractivity contribution in [3.63, 3.8) is 0 Å². The summed E-state index contributed by atoms with van der Waals surface area (Å²) >= 11 is 0.995. The average molecular weight is 452 g/mol. The van der Waals surface area contributed by atoms with Crippen molar-refractivity contribution in [2.24, 2.45) is 0 Å². The molecule has 0 aliphatic carbocycles. The van der Waals surface area contributed by atoms with Crippen molar-refractivity contribution in [1.29, 1.82) is 0 Å². The lowest BCUT2D eigenvalue weighted by Gasteiger charge is -2.27. The predicted octanol–water partition coefficient (Wildman–Crippen LogP) is 3.53. The maximum atomic E-state index is 14.2. The molecule has 0 saturated carbocycles. The summed E-state index contributed by atoms with van der Waals surface area (Å²) < 4.78 is 53.6. The topological polar surface area (TPSA) is 70.6 Å². The number of halogens is 2. The van der Waals surface area contributed by atoms with Crippen LogP contribution in [0.5, 0.6) is 0 Å².